The van der Waals surface area contributed by atoms with E-state index in [1.165, 1.54) is 13.8 Å². The molecule has 3 rings (SSSR count). The molecule has 8 heteroatoms. The van der Waals surface area contributed by atoms with Crippen LogP contribution in [0.25, 0.3) is 0 Å². The molecule has 1 aliphatic carbocycles. The molecule has 0 saturated carbocycles. The summed E-state index contributed by atoms with van der Waals surface area (Å²) in [5.74, 6) is -2.70. The fourth-order valence-electron chi connectivity index (χ4n) is 3.88. The van der Waals surface area contributed by atoms with Crippen molar-refractivity contribution in [3.63, 3.8) is 0 Å². The van der Waals surface area contributed by atoms with Crippen LogP contribution in [0.3, 0.4) is 0 Å². The van der Waals surface area contributed by atoms with Crippen molar-refractivity contribution in [1.82, 2.24) is 5.32 Å². The molecule has 8 nitrogen and oxygen atoms in total. The predicted octanol–water partition coefficient (Wildman–Crippen LogP) is 1.51. The van der Waals surface area contributed by atoms with Gasteiger partial charge >= 0.3 is 5.97 Å². The van der Waals surface area contributed by atoms with Gasteiger partial charge in [-0.3, -0.25) is 14.4 Å². The van der Waals surface area contributed by atoms with E-state index >= 15 is 0 Å². The molecule has 3 aliphatic rings. The highest BCUT2D eigenvalue weighted by Gasteiger charge is 2.56. The highest BCUT2D eigenvalue weighted by molar-refractivity contribution is 6.08. The lowest BCUT2D eigenvalue weighted by molar-refractivity contribution is -0.181. The summed E-state index contributed by atoms with van der Waals surface area (Å²) >= 11 is 0. The van der Waals surface area contributed by atoms with Gasteiger partial charge in [0.25, 0.3) is 0 Å². The lowest BCUT2D eigenvalue weighted by atomic mass is 9.69. The van der Waals surface area contributed by atoms with Crippen molar-refractivity contribution in [1.29, 1.82) is 0 Å². The summed E-state index contributed by atoms with van der Waals surface area (Å²) in [5.41, 5.74) is -0.292. The van der Waals surface area contributed by atoms with E-state index in [-0.39, 0.29) is 6.42 Å². The third kappa shape index (κ3) is 6.50. The number of carbonyl (C=O) groups excluding carboxylic acids is 3. The average Bonchev–Trinajstić information content (AvgIpc) is 2.75. The fourth-order valence-corrected chi connectivity index (χ4v) is 3.88. The Morgan fingerprint density at radius 3 is 2.39 bits per heavy atom. The lowest BCUT2D eigenvalue weighted by Gasteiger charge is -2.42. The minimum Gasteiger partial charge on any atom is -0.461 e. The van der Waals surface area contributed by atoms with Gasteiger partial charge in [0.1, 0.15) is 17.6 Å². The summed E-state index contributed by atoms with van der Waals surface area (Å²) < 4.78 is 5.61. The van der Waals surface area contributed by atoms with Gasteiger partial charge in [-0.15, -0.1) is 0 Å². The van der Waals surface area contributed by atoms with E-state index < -0.39 is 59.5 Å². The Morgan fingerprint density at radius 1 is 1.15 bits per heavy atom. The Morgan fingerprint density at radius 2 is 1.76 bits per heavy atom. The first-order chi connectivity index (χ1) is 15.4. The molecule has 0 aromatic heterocycles. The Bertz CT molecular complexity index is 885. The molecule has 2 heterocycles. The van der Waals surface area contributed by atoms with Gasteiger partial charge in [0.2, 0.25) is 5.91 Å². The van der Waals surface area contributed by atoms with Crippen molar-refractivity contribution >= 4 is 17.7 Å². The van der Waals surface area contributed by atoms with Crippen LogP contribution >= 0.6 is 0 Å². The molecule has 33 heavy (non-hydrogen) atoms. The molecule has 0 aromatic rings. The van der Waals surface area contributed by atoms with E-state index in [1.807, 2.05) is 13.0 Å². The molecule has 0 radical (unpaired) electrons. The summed E-state index contributed by atoms with van der Waals surface area (Å²) in [4.78, 5) is 38.9. The normalized spacial score (nSPS) is 34.7. The van der Waals surface area contributed by atoms with Crippen molar-refractivity contribution in [2.75, 3.05) is 0 Å². The molecule has 0 aromatic carbocycles. The number of Topliss-reactive ketones (excluding diaryl/α,β-unsaturated/α-hetero) is 1. The summed E-state index contributed by atoms with van der Waals surface area (Å²) in [5, 5.41) is 32.9. The topological polar surface area (TPSA) is 133 Å². The van der Waals surface area contributed by atoms with Gasteiger partial charge in [-0.05, 0) is 34.1 Å². The molecule has 7 atom stereocenters. The van der Waals surface area contributed by atoms with Crippen LogP contribution in [0.2, 0.25) is 0 Å². The molecule has 2 aliphatic heterocycles. The quantitative estimate of drug-likeness (QED) is 0.362. The van der Waals surface area contributed by atoms with Crippen LogP contribution < -0.4 is 5.32 Å². The molecule has 0 spiro atoms. The number of aliphatic hydroxyl groups is 3. The number of aliphatic hydroxyl groups excluding tert-OH is 3. The van der Waals surface area contributed by atoms with Gasteiger partial charge < -0.3 is 25.4 Å². The highest BCUT2D eigenvalue weighted by atomic mass is 16.5. The number of ketones is 1. The van der Waals surface area contributed by atoms with Gasteiger partial charge in [-0.2, -0.15) is 0 Å². The summed E-state index contributed by atoms with van der Waals surface area (Å²) in [6.45, 7) is 7.89. The SMILES string of the molecule is CC1=CCC(O)C=CC(C)=CC(NC(=O)C(C)O)C2(C)C(=O)OC(CC(O)C=C1)C(C)C2=O. The monoisotopic (exact) mass is 461 g/mol. The second kappa shape index (κ2) is 11.0. The maximum Gasteiger partial charge on any atom is 0.322 e. The number of nitrogens with one attached hydrogen (secondary N) is 1. The number of amides is 1. The van der Waals surface area contributed by atoms with E-state index in [0.717, 1.165) is 5.57 Å². The minimum absolute atomic E-state index is 0.0439. The van der Waals surface area contributed by atoms with Crippen LogP contribution in [-0.4, -0.2) is 63.4 Å². The van der Waals surface area contributed by atoms with E-state index in [1.54, 1.807) is 44.2 Å². The molecular weight excluding hydrogens is 426 g/mol. The molecular formula is C25H35NO7. The summed E-state index contributed by atoms with van der Waals surface area (Å²) in [7, 11) is 0. The molecule has 182 valence electrons. The lowest BCUT2D eigenvalue weighted by Crippen LogP contribution is -2.61. The van der Waals surface area contributed by atoms with Gasteiger partial charge in [0.05, 0.1) is 24.2 Å². The van der Waals surface area contributed by atoms with Gasteiger partial charge in [-0.25, -0.2) is 0 Å². The van der Waals surface area contributed by atoms with Crippen LogP contribution in [0.4, 0.5) is 0 Å². The number of hydrogen-bond acceptors (Lipinski definition) is 7. The number of hydrogen-bond donors (Lipinski definition) is 4. The molecule has 1 saturated heterocycles. The Hall–Kier alpha value is -2.55. The maximum absolute atomic E-state index is 13.5. The number of rotatable bonds is 2. The molecule has 4 N–H and O–H groups in total. The highest BCUT2D eigenvalue weighted by Crippen LogP contribution is 2.38. The molecule has 1 amide bonds. The summed E-state index contributed by atoms with van der Waals surface area (Å²) in [6.07, 6.45) is 6.38. The van der Waals surface area contributed by atoms with Crippen LogP contribution in [0.15, 0.2) is 47.6 Å². The second-order valence-electron chi connectivity index (χ2n) is 9.14. The Kier molecular flexibility index (Phi) is 8.94. The number of ether oxygens (including phenoxy) is 1. The van der Waals surface area contributed by atoms with E-state index in [0.29, 0.717) is 12.0 Å². The van der Waals surface area contributed by atoms with Crippen molar-refractivity contribution < 1.29 is 34.4 Å². The van der Waals surface area contributed by atoms with Gasteiger partial charge in [0.15, 0.2) is 5.78 Å². The maximum atomic E-state index is 13.5. The second-order valence-corrected chi connectivity index (χ2v) is 9.14. The van der Waals surface area contributed by atoms with Crippen molar-refractivity contribution in [2.45, 2.75) is 77.9 Å². The Balaban J connectivity index is 2.56. The number of carbonyl (C=O) groups is 3. The van der Waals surface area contributed by atoms with Gasteiger partial charge in [0, 0.05) is 6.42 Å². The molecule has 7 unspecified atom stereocenters. The standard InChI is InChI=1S/C25H35NO7/c1-14-6-9-18(28)10-8-15(2)12-21(26-23(31)17(4)27)25(5)22(30)16(3)20(33-24(25)32)13-19(29)11-7-14/h6-8,10-12,16-21,27-29H,9,13H2,1-5H3,(H,26,31). The van der Waals surface area contributed by atoms with E-state index in [4.69, 9.17) is 4.74 Å². The van der Waals surface area contributed by atoms with Crippen LogP contribution in [-0.2, 0) is 19.1 Å². The first-order valence-electron chi connectivity index (χ1n) is 11.2. The number of allylic oxidation sites excluding steroid dienone is 4. The van der Waals surface area contributed by atoms with Crippen molar-refractivity contribution in [2.24, 2.45) is 11.3 Å². The Labute approximate surface area is 194 Å². The minimum atomic E-state index is -1.74. The van der Waals surface area contributed by atoms with Crippen LogP contribution in [0.1, 0.15) is 47.5 Å². The van der Waals surface area contributed by atoms with Gasteiger partial charge in [-0.1, -0.05) is 54.5 Å². The predicted molar refractivity (Wildman–Crippen MR) is 123 cm³/mol. The zero-order chi connectivity index (χ0) is 24.9. The number of esters is 1. The van der Waals surface area contributed by atoms with Crippen LogP contribution in [0, 0.1) is 11.3 Å². The first kappa shape index (κ1) is 26.7. The fraction of sp³-hybridized carbons (Fsp3) is 0.560. The summed E-state index contributed by atoms with van der Waals surface area (Å²) in [6, 6.07) is -1.09. The number of fused-ring (bicyclic) bond motifs is 10. The molecule has 1 fully saturated rings. The smallest absolute Gasteiger partial charge is 0.322 e. The van der Waals surface area contributed by atoms with E-state index in [9.17, 15) is 29.7 Å². The van der Waals surface area contributed by atoms with Crippen LogP contribution in [0.5, 0.6) is 0 Å². The molecule has 2 bridgehead atoms. The largest absolute Gasteiger partial charge is 0.461 e. The third-order valence-electron chi connectivity index (χ3n) is 6.21. The third-order valence-corrected chi connectivity index (χ3v) is 6.21. The zero-order valence-corrected chi connectivity index (χ0v) is 19.8. The zero-order valence-electron chi connectivity index (χ0n) is 19.8. The van der Waals surface area contributed by atoms with Crippen molar-refractivity contribution in [3.8, 4) is 0 Å². The first-order valence-corrected chi connectivity index (χ1v) is 11.2. The van der Waals surface area contributed by atoms with Crippen molar-refractivity contribution in [3.05, 3.63) is 47.6 Å². The van der Waals surface area contributed by atoms with E-state index in [2.05, 4.69) is 5.32 Å². The average molecular weight is 462 g/mol.